The molecule has 0 aromatic heterocycles. The van der Waals surface area contributed by atoms with Crippen LogP contribution in [0.25, 0.3) is 10.8 Å². The molecule has 0 aliphatic heterocycles. The zero-order valence-corrected chi connectivity index (χ0v) is 21.2. The molecule has 2 aromatic carbocycles. The van der Waals surface area contributed by atoms with Gasteiger partial charge in [0.05, 0.1) is 0 Å². The highest BCUT2D eigenvalue weighted by molar-refractivity contribution is 6.80. The van der Waals surface area contributed by atoms with Crippen LogP contribution in [0.2, 0.25) is 0 Å². The summed E-state index contributed by atoms with van der Waals surface area (Å²) in [5, 5.41) is 3.96. The van der Waals surface area contributed by atoms with Gasteiger partial charge in [-0.1, -0.05) is 36.4 Å². The van der Waals surface area contributed by atoms with E-state index >= 15 is 0 Å². The molecular weight excluding hydrogens is 416 g/mol. The minimum atomic E-state index is -3.08. The molecule has 0 bridgehead atoms. The Morgan fingerprint density at radius 2 is 0.733 bits per heavy atom. The molecule has 0 radical (unpaired) electrons. The van der Waals surface area contributed by atoms with Gasteiger partial charge in [-0.05, 0) is 52.3 Å². The minimum Gasteiger partial charge on any atom is -0.370 e. The van der Waals surface area contributed by atoms with Crippen molar-refractivity contribution in [3.8, 4) is 0 Å². The average Bonchev–Trinajstić information content (AvgIpc) is 2.74. The van der Waals surface area contributed by atoms with E-state index in [1.807, 2.05) is 65.8 Å². The first-order chi connectivity index (χ1) is 14.6. The van der Waals surface area contributed by atoms with E-state index < -0.39 is 17.6 Å². The van der Waals surface area contributed by atoms with Gasteiger partial charge in [0.1, 0.15) is 0 Å². The Balaban J connectivity index is 2.79. The van der Waals surface area contributed by atoms with Gasteiger partial charge in [-0.3, -0.25) is 0 Å². The molecule has 0 saturated heterocycles. The highest BCUT2D eigenvalue weighted by Gasteiger charge is 2.48. The van der Waals surface area contributed by atoms with Gasteiger partial charge >= 0.3 is 17.6 Å². The van der Waals surface area contributed by atoms with Gasteiger partial charge in [0.2, 0.25) is 0 Å². The van der Waals surface area contributed by atoms with Crippen LogP contribution in [0.5, 0.6) is 0 Å². The molecule has 2 aromatic rings. The van der Waals surface area contributed by atoms with Crippen LogP contribution < -0.4 is 10.4 Å². The second-order valence-electron chi connectivity index (χ2n) is 6.42. The fourth-order valence-electron chi connectivity index (χ4n) is 3.69. The zero-order chi connectivity index (χ0) is 22.0. The van der Waals surface area contributed by atoms with Gasteiger partial charge in [0.15, 0.2) is 0 Å². The van der Waals surface area contributed by atoms with Crippen LogP contribution in [0, 0.1) is 0 Å². The topological polar surface area (TPSA) is 55.4 Å². The molecule has 0 unspecified atom stereocenters. The Morgan fingerprint density at radius 1 is 0.467 bits per heavy atom. The summed E-state index contributed by atoms with van der Waals surface area (Å²) in [6.45, 7) is 14.9. The van der Waals surface area contributed by atoms with Gasteiger partial charge in [-0.25, -0.2) is 0 Å². The van der Waals surface area contributed by atoms with Crippen molar-refractivity contribution in [2.75, 3.05) is 39.6 Å². The predicted molar refractivity (Wildman–Crippen MR) is 124 cm³/mol. The molecule has 0 atom stereocenters. The van der Waals surface area contributed by atoms with E-state index in [-0.39, 0.29) is 0 Å². The second kappa shape index (κ2) is 12.1. The third kappa shape index (κ3) is 5.20. The Labute approximate surface area is 183 Å². The van der Waals surface area contributed by atoms with Gasteiger partial charge in [0.25, 0.3) is 0 Å². The van der Waals surface area contributed by atoms with Crippen LogP contribution >= 0.6 is 0 Å². The van der Waals surface area contributed by atoms with E-state index in [2.05, 4.69) is 12.1 Å². The molecule has 0 aliphatic rings. The van der Waals surface area contributed by atoms with Crippen molar-refractivity contribution >= 4 is 38.8 Å². The SMILES string of the molecule is CCO[Si](OCC)(OCC)c1ccc([Si](OCC)(OCC)OCC)c2ccccc12. The van der Waals surface area contributed by atoms with E-state index in [1.165, 1.54) is 0 Å². The first-order valence-corrected chi connectivity index (χ1v) is 14.4. The fraction of sp³-hybridized carbons (Fsp3) is 0.545. The Bertz CT molecular complexity index is 687. The van der Waals surface area contributed by atoms with Crippen LogP contribution in [-0.4, -0.2) is 57.3 Å². The van der Waals surface area contributed by atoms with E-state index in [1.54, 1.807) is 0 Å². The Hall–Kier alpha value is -1.11. The van der Waals surface area contributed by atoms with Crippen LogP contribution in [0.15, 0.2) is 36.4 Å². The molecule has 0 aliphatic carbocycles. The first kappa shape index (κ1) is 25.2. The summed E-state index contributed by atoms with van der Waals surface area (Å²) in [6.07, 6.45) is 0. The van der Waals surface area contributed by atoms with Gasteiger partial charge in [-0.15, -0.1) is 0 Å². The van der Waals surface area contributed by atoms with E-state index in [9.17, 15) is 0 Å². The molecule has 0 fully saturated rings. The monoisotopic (exact) mass is 452 g/mol. The van der Waals surface area contributed by atoms with Crippen molar-refractivity contribution < 1.29 is 26.6 Å². The molecule has 0 saturated carbocycles. The van der Waals surface area contributed by atoms with Crippen LogP contribution in [0.4, 0.5) is 0 Å². The minimum absolute atomic E-state index is 0.512. The maximum atomic E-state index is 6.18. The van der Waals surface area contributed by atoms with Crippen molar-refractivity contribution in [3.63, 3.8) is 0 Å². The number of benzene rings is 2. The molecule has 2 rings (SSSR count). The molecule has 0 N–H and O–H groups in total. The third-order valence-electron chi connectivity index (χ3n) is 4.59. The summed E-state index contributed by atoms with van der Waals surface area (Å²) >= 11 is 0. The van der Waals surface area contributed by atoms with Crippen LogP contribution in [0.1, 0.15) is 41.5 Å². The molecule has 168 valence electrons. The van der Waals surface area contributed by atoms with Gasteiger partial charge < -0.3 is 26.6 Å². The summed E-state index contributed by atoms with van der Waals surface area (Å²) in [5.41, 5.74) is 0. The lowest BCUT2D eigenvalue weighted by atomic mass is 10.1. The zero-order valence-electron chi connectivity index (χ0n) is 19.2. The number of hydrogen-bond acceptors (Lipinski definition) is 6. The fourth-order valence-corrected chi connectivity index (χ4v) is 9.07. The molecule has 0 amide bonds. The molecule has 0 heterocycles. The van der Waals surface area contributed by atoms with Crippen molar-refractivity contribution in [2.24, 2.45) is 0 Å². The maximum Gasteiger partial charge on any atom is 0.537 e. The summed E-state index contributed by atoms with van der Waals surface area (Å²) in [4.78, 5) is 0. The highest BCUT2D eigenvalue weighted by atomic mass is 28.4. The Morgan fingerprint density at radius 3 is 0.967 bits per heavy atom. The van der Waals surface area contributed by atoms with Gasteiger partial charge in [0, 0.05) is 50.0 Å². The summed E-state index contributed by atoms with van der Waals surface area (Å²) in [7, 11) is -6.16. The lowest BCUT2D eigenvalue weighted by Crippen LogP contribution is -2.60. The lowest BCUT2D eigenvalue weighted by molar-refractivity contribution is 0.0849. The number of hydrogen-bond donors (Lipinski definition) is 0. The number of fused-ring (bicyclic) bond motifs is 1. The summed E-state index contributed by atoms with van der Waals surface area (Å²) in [5.74, 6) is 0. The van der Waals surface area contributed by atoms with Crippen molar-refractivity contribution in [1.29, 1.82) is 0 Å². The normalized spacial score (nSPS) is 12.6. The Kier molecular flexibility index (Phi) is 10.1. The second-order valence-corrected chi connectivity index (χ2v) is 11.5. The summed E-state index contributed by atoms with van der Waals surface area (Å²) in [6, 6.07) is 12.3. The smallest absolute Gasteiger partial charge is 0.370 e. The van der Waals surface area contributed by atoms with E-state index in [0.717, 1.165) is 21.1 Å². The maximum absolute atomic E-state index is 6.18. The third-order valence-corrected chi connectivity index (χ3v) is 10.8. The van der Waals surface area contributed by atoms with Crippen molar-refractivity contribution in [1.82, 2.24) is 0 Å². The molecule has 6 nitrogen and oxygen atoms in total. The quantitative estimate of drug-likeness (QED) is 0.410. The largest absolute Gasteiger partial charge is 0.537 e. The summed E-state index contributed by atoms with van der Waals surface area (Å²) < 4.78 is 37.1. The molecule has 30 heavy (non-hydrogen) atoms. The van der Waals surface area contributed by atoms with Crippen molar-refractivity contribution in [2.45, 2.75) is 41.5 Å². The predicted octanol–water partition coefficient (Wildman–Crippen LogP) is 3.35. The molecular formula is C22H36O6Si2. The average molecular weight is 453 g/mol. The number of rotatable bonds is 14. The van der Waals surface area contributed by atoms with E-state index in [0.29, 0.717) is 39.6 Å². The molecule has 8 heteroatoms. The lowest BCUT2D eigenvalue weighted by Gasteiger charge is -2.32. The van der Waals surface area contributed by atoms with Crippen molar-refractivity contribution in [3.05, 3.63) is 36.4 Å². The highest BCUT2D eigenvalue weighted by Crippen LogP contribution is 2.22. The van der Waals surface area contributed by atoms with Gasteiger partial charge in [-0.2, -0.15) is 0 Å². The van der Waals surface area contributed by atoms with Crippen LogP contribution in [0.3, 0.4) is 0 Å². The van der Waals surface area contributed by atoms with Crippen LogP contribution in [-0.2, 0) is 26.6 Å². The molecule has 0 spiro atoms. The standard InChI is InChI=1S/C22H36O6Si2/c1-7-23-29(24-8-2,25-9-3)21-17-18-22(20-16-14-13-15-19(20)21)30(26-10-4,27-11-5)28-12-6/h13-18H,7-12H2,1-6H3. The van der Waals surface area contributed by atoms with E-state index in [4.69, 9.17) is 26.6 Å². The first-order valence-electron chi connectivity index (χ1n) is 10.9.